The maximum atomic E-state index is 14.5. The number of aromatic nitrogens is 3. The number of benzene rings is 3. The van der Waals surface area contributed by atoms with E-state index in [1.54, 1.807) is 44.2 Å². The largest absolute Gasteiger partial charge is 0.508 e. The van der Waals surface area contributed by atoms with Gasteiger partial charge in [0.1, 0.15) is 5.75 Å². The average Bonchev–Trinajstić information content (AvgIpc) is 3.26. The second kappa shape index (κ2) is 8.64. The van der Waals surface area contributed by atoms with Gasteiger partial charge in [0.05, 0.1) is 23.7 Å². The molecule has 8 heteroatoms. The van der Waals surface area contributed by atoms with E-state index in [-0.39, 0.29) is 30.3 Å². The standard InChI is InChI=1S/C34H31N3O5/c1-19-20(2)30(40)34(4)28(27-23-13-9-8-10-21(23)14-15-26(27)38)24-16-17-35-31(41)36(22-11-6-5-7-12-22)32(42)37(35)25(24)18-33(34,3)29(19)39/h5-16,25,28,38H,17-18H2,1-4H3/t25-,28-,33+,34-/m1/s1. The number of phenols is 1. The van der Waals surface area contributed by atoms with Crippen LogP contribution in [0.2, 0.25) is 0 Å². The topological polar surface area (TPSA) is 103 Å². The molecule has 2 heterocycles. The van der Waals surface area contributed by atoms with E-state index in [0.29, 0.717) is 22.4 Å². The van der Waals surface area contributed by atoms with E-state index in [4.69, 9.17) is 0 Å². The normalized spacial score (nSPS) is 27.0. The molecule has 0 spiro atoms. The Bertz CT molecular complexity index is 2040. The lowest BCUT2D eigenvalue weighted by Gasteiger charge is -2.58. The van der Waals surface area contributed by atoms with Crippen molar-refractivity contribution in [2.45, 2.75) is 52.6 Å². The summed E-state index contributed by atoms with van der Waals surface area (Å²) in [7, 11) is 0. The third-order valence-corrected chi connectivity index (χ3v) is 10.4. The molecule has 3 aliphatic rings. The number of carbonyl (C=O) groups is 2. The van der Waals surface area contributed by atoms with Crippen molar-refractivity contribution in [2.24, 2.45) is 10.8 Å². The van der Waals surface area contributed by atoms with Gasteiger partial charge in [-0.05, 0) is 66.0 Å². The Morgan fingerprint density at radius 2 is 1.48 bits per heavy atom. The molecule has 0 unspecified atom stereocenters. The van der Waals surface area contributed by atoms with Gasteiger partial charge >= 0.3 is 11.4 Å². The number of hydrogen-bond donors (Lipinski definition) is 1. The predicted molar refractivity (Wildman–Crippen MR) is 159 cm³/mol. The number of aromatic hydroxyl groups is 1. The molecular weight excluding hydrogens is 530 g/mol. The quantitative estimate of drug-likeness (QED) is 0.353. The van der Waals surface area contributed by atoms with E-state index in [2.05, 4.69) is 0 Å². The summed E-state index contributed by atoms with van der Waals surface area (Å²) in [5.41, 5.74) is -0.867. The van der Waals surface area contributed by atoms with Gasteiger partial charge in [-0.15, -0.1) is 0 Å². The van der Waals surface area contributed by atoms with Crippen LogP contribution in [0.1, 0.15) is 51.6 Å². The molecule has 0 radical (unpaired) electrons. The van der Waals surface area contributed by atoms with Crippen LogP contribution < -0.4 is 11.4 Å². The number of carbonyl (C=O) groups excluding carboxylic acids is 2. The molecule has 1 fully saturated rings. The minimum atomic E-state index is -1.26. The van der Waals surface area contributed by atoms with Crippen molar-refractivity contribution in [1.29, 1.82) is 0 Å². The van der Waals surface area contributed by atoms with Crippen molar-refractivity contribution in [2.75, 3.05) is 0 Å². The maximum absolute atomic E-state index is 14.5. The maximum Gasteiger partial charge on any atom is 0.352 e. The van der Waals surface area contributed by atoms with Gasteiger partial charge in [0.15, 0.2) is 11.6 Å². The highest BCUT2D eigenvalue weighted by Crippen LogP contribution is 2.67. The predicted octanol–water partition coefficient (Wildman–Crippen LogP) is 4.83. The number of para-hydroxylation sites is 1. The summed E-state index contributed by atoms with van der Waals surface area (Å²) in [6, 6.07) is 19.2. The Morgan fingerprint density at radius 3 is 2.21 bits per heavy atom. The molecule has 0 bridgehead atoms. The summed E-state index contributed by atoms with van der Waals surface area (Å²) in [5.74, 6) is -1.01. The minimum Gasteiger partial charge on any atom is -0.508 e. The number of fused-ring (bicyclic) bond motifs is 5. The summed E-state index contributed by atoms with van der Waals surface area (Å²) in [5, 5.41) is 13.2. The van der Waals surface area contributed by atoms with Crippen LogP contribution in [0.15, 0.2) is 99.1 Å². The molecule has 4 atom stereocenters. The Labute approximate surface area is 241 Å². The van der Waals surface area contributed by atoms with Gasteiger partial charge in [0.2, 0.25) is 0 Å². The third-order valence-electron chi connectivity index (χ3n) is 10.4. The van der Waals surface area contributed by atoms with Crippen LogP contribution >= 0.6 is 0 Å². The molecule has 0 saturated heterocycles. The van der Waals surface area contributed by atoms with Crippen LogP contribution in [-0.2, 0) is 16.1 Å². The van der Waals surface area contributed by atoms with Crippen LogP contribution in [-0.4, -0.2) is 30.6 Å². The summed E-state index contributed by atoms with van der Waals surface area (Å²) >= 11 is 0. The van der Waals surface area contributed by atoms with Crippen LogP contribution in [0, 0.1) is 10.8 Å². The molecule has 4 aromatic rings. The van der Waals surface area contributed by atoms with Gasteiger partial charge in [-0.1, -0.05) is 68.5 Å². The highest BCUT2D eigenvalue weighted by molar-refractivity contribution is 6.17. The highest BCUT2D eigenvalue weighted by Gasteiger charge is 2.67. The fourth-order valence-electron chi connectivity index (χ4n) is 7.89. The molecule has 1 N–H and O–H groups in total. The van der Waals surface area contributed by atoms with E-state index >= 15 is 0 Å². The molecule has 3 aromatic carbocycles. The molecule has 212 valence electrons. The van der Waals surface area contributed by atoms with Crippen molar-refractivity contribution in [3.8, 4) is 11.4 Å². The van der Waals surface area contributed by atoms with E-state index in [9.17, 15) is 24.3 Å². The van der Waals surface area contributed by atoms with Crippen molar-refractivity contribution in [3.63, 3.8) is 0 Å². The fourth-order valence-corrected chi connectivity index (χ4v) is 7.89. The van der Waals surface area contributed by atoms with Crippen molar-refractivity contribution in [1.82, 2.24) is 13.9 Å². The highest BCUT2D eigenvalue weighted by atomic mass is 16.3. The van der Waals surface area contributed by atoms with Gasteiger partial charge in [0.25, 0.3) is 0 Å². The average molecular weight is 562 g/mol. The molecule has 1 saturated carbocycles. The van der Waals surface area contributed by atoms with E-state index < -0.39 is 34.2 Å². The van der Waals surface area contributed by atoms with Gasteiger partial charge in [0, 0.05) is 16.9 Å². The molecule has 8 nitrogen and oxygen atoms in total. The number of nitrogens with zero attached hydrogens (tertiary/aromatic N) is 3. The molecule has 1 aliphatic heterocycles. The first kappa shape index (κ1) is 26.2. The van der Waals surface area contributed by atoms with Gasteiger partial charge in [-0.2, -0.15) is 0 Å². The van der Waals surface area contributed by atoms with Crippen LogP contribution in [0.3, 0.4) is 0 Å². The van der Waals surface area contributed by atoms with Crippen LogP contribution in [0.5, 0.6) is 5.75 Å². The van der Waals surface area contributed by atoms with E-state index in [1.807, 2.05) is 56.3 Å². The first-order chi connectivity index (χ1) is 20.0. The second-order valence-electron chi connectivity index (χ2n) is 12.2. The Morgan fingerprint density at radius 1 is 0.810 bits per heavy atom. The summed E-state index contributed by atoms with van der Waals surface area (Å²) < 4.78 is 4.03. The fraction of sp³-hybridized carbons (Fsp3) is 0.294. The first-order valence-corrected chi connectivity index (χ1v) is 14.2. The van der Waals surface area contributed by atoms with Crippen molar-refractivity contribution in [3.05, 3.63) is 116 Å². The van der Waals surface area contributed by atoms with Crippen LogP contribution in [0.4, 0.5) is 0 Å². The monoisotopic (exact) mass is 561 g/mol. The number of allylic oxidation sites excluding steroid dienone is 4. The third kappa shape index (κ3) is 3.07. The van der Waals surface area contributed by atoms with Gasteiger partial charge < -0.3 is 5.11 Å². The zero-order valence-electron chi connectivity index (χ0n) is 23.9. The number of Topliss-reactive ketones (excluding diaryl/α,β-unsaturated/α-hetero) is 2. The molecule has 0 amide bonds. The Balaban J connectivity index is 1.57. The van der Waals surface area contributed by atoms with Crippen molar-refractivity contribution < 1.29 is 14.7 Å². The Hall–Kier alpha value is -4.72. The van der Waals surface area contributed by atoms with Gasteiger partial charge in [-0.25, -0.2) is 23.5 Å². The molecule has 1 aromatic heterocycles. The zero-order valence-corrected chi connectivity index (χ0v) is 23.9. The lowest BCUT2D eigenvalue weighted by Crippen LogP contribution is -2.61. The SMILES string of the molecule is CC1=C(C)C(=O)[C@@]2(C)[C@@H](c3c(O)ccc4ccccc34)C3=CCn4c(=O)n(-c5ccccc5)c(=O)n4[C@@H]3C[C@@]2(C)C1=O. The van der Waals surface area contributed by atoms with E-state index in [0.717, 1.165) is 20.9 Å². The van der Waals surface area contributed by atoms with Crippen molar-refractivity contribution >= 4 is 22.3 Å². The summed E-state index contributed by atoms with van der Waals surface area (Å²) in [6.07, 6.45) is 2.07. The second-order valence-corrected chi connectivity index (χ2v) is 12.2. The number of ketones is 2. The van der Waals surface area contributed by atoms with E-state index in [1.165, 1.54) is 9.36 Å². The van der Waals surface area contributed by atoms with Crippen LogP contribution in [0.25, 0.3) is 16.5 Å². The van der Waals surface area contributed by atoms with Gasteiger partial charge in [-0.3, -0.25) is 9.59 Å². The molecule has 2 aliphatic carbocycles. The summed E-state index contributed by atoms with van der Waals surface area (Å²) in [4.78, 5) is 56.5. The first-order valence-electron chi connectivity index (χ1n) is 14.2. The molecular formula is C34H31N3O5. The minimum absolute atomic E-state index is 0.0187. The lowest BCUT2D eigenvalue weighted by atomic mass is 9.43. The summed E-state index contributed by atoms with van der Waals surface area (Å²) in [6.45, 7) is 7.15. The smallest absolute Gasteiger partial charge is 0.352 e. The molecule has 7 rings (SSSR count). The number of phenolic OH excluding ortho intramolecular Hbond substituents is 1. The zero-order chi connectivity index (χ0) is 29.7. The number of hydrogen-bond acceptors (Lipinski definition) is 5. The molecule has 42 heavy (non-hydrogen) atoms. The number of rotatable bonds is 2. The lowest BCUT2D eigenvalue weighted by molar-refractivity contribution is -0.151. The Kier molecular flexibility index (Phi) is 5.39.